The average molecular weight is 264 g/mol. The summed E-state index contributed by atoms with van der Waals surface area (Å²) in [7, 11) is 0. The minimum Gasteiger partial charge on any atom is -0.383 e. The Bertz CT molecular complexity index is 430. The lowest BCUT2D eigenvalue weighted by Gasteiger charge is -2.12. The first-order chi connectivity index (χ1) is 9.08. The van der Waals surface area contributed by atoms with Crippen LogP contribution in [0.3, 0.4) is 0 Å². The summed E-state index contributed by atoms with van der Waals surface area (Å²) in [5.74, 6) is 3.40. The number of nitrogen functional groups attached to an aromatic ring is 1. The molecule has 1 heterocycles. The van der Waals surface area contributed by atoms with Gasteiger partial charge in [0.25, 0.3) is 0 Å². The number of nitrogens with two attached hydrogens (primary N) is 1. The fraction of sp³-hybridized carbons (Fsp3) is 0.714. The highest BCUT2D eigenvalue weighted by atomic mass is 16.5. The molecule has 5 heteroatoms. The number of ether oxygens (including phenoxy) is 1. The van der Waals surface area contributed by atoms with Crippen molar-refractivity contribution in [1.82, 2.24) is 9.97 Å². The molecule has 1 aliphatic rings. The highest BCUT2D eigenvalue weighted by Crippen LogP contribution is 2.39. The molecule has 1 aromatic heterocycles. The Hall–Kier alpha value is -1.36. The quantitative estimate of drug-likeness (QED) is 0.739. The standard InChI is InChI=1S/C14H24N4O/c1-9(2)8-19-7-6-16-13-10(3)12(15)17-14(18-13)11-4-5-11/h9,11H,4-8H2,1-3H3,(H3,15,16,17,18). The van der Waals surface area contributed by atoms with Gasteiger partial charge in [-0.3, -0.25) is 0 Å². The van der Waals surface area contributed by atoms with Gasteiger partial charge in [0.15, 0.2) is 0 Å². The molecule has 0 aromatic carbocycles. The largest absolute Gasteiger partial charge is 0.383 e. The number of hydrogen-bond acceptors (Lipinski definition) is 5. The Balaban J connectivity index is 1.88. The van der Waals surface area contributed by atoms with Crippen LogP contribution < -0.4 is 11.1 Å². The van der Waals surface area contributed by atoms with Crippen molar-refractivity contribution in [2.24, 2.45) is 5.92 Å². The number of aromatic nitrogens is 2. The SMILES string of the molecule is Cc1c(N)nc(C2CC2)nc1NCCOCC(C)C. The van der Waals surface area contributed by atoms with Crippen LogP contribution in [0.5, 0.6) is 0 Å². The van der Waals surface area contributed by atoms with Gasteiger partial charge < -0.3 is 15.8 Å². The number of hydrogen-bond donors (Lipinski definition) is 2. The molecule has 0 amide bonds. The number of nitrogens with zero attached hydrogens (tertiary/aromatic N) is 2. The molecule has 3 N–H and O–H groups in total. The van der Waals surface area contributed by atoms with Gasteiger partial charge in [0, 0.05) is 24.6 Å². The highest BCUT2D eigenvalue weighted by Gasteiger charge is 2.27. The first-order valence-corrected chi connectivity index (χ1v) is 7.03. The van der Waals surface area contributed by atoms with Gasteiger partial charge in [-0.15, -0.1) is 0 Å². The summed E-state index contributed by atoms with van der Waals surface area (Å²) in [6.45, 7) is 8.45. The molecule has 5 nitrogen and oxygen atoms in total. The highest BCUT2D eigenvalue weighted by molar-refractivity contribution is 5.55. The van der Waals surface area contributed by atoms with Gasteiger partial charge in [-0.05, 0) is 25.7 Å². The number of anilines is 2. The fourth-order valence-corrected chi connectivity index (χ4v) is 1.81. The summed E-state index contributed by atoms with van der Waals surface area (Å²) in [4.78, 5) is 8.93. The molecule has 0 unspecified atom stereocenters. The van der Waals surface area contributed by atoms with E-state index in [0.29, 0.717) is 24.3 Å². The zero-order valence-electron chi connectivity index (χ0n) is 12.1. The first kappa shape index (κ1) is 14.1. The maximum atomic E-state index is 5.93. The molecule has 0 bridgehead atoms. The lowest BCUT2D eigenvalue weighted by molar-refractivity contribution is 0.118. The predicted octanol–water partition coefficient (Wildman–Crippen LogP) is 2.33. The van der Waals surface area contributed by atoms with E-state index in [1.165, 1.54) is 12.8 Å². The van der Waals surface area contributed by atoms with Crippen molar-refractivity contribution in [3.05, 3.63) is 11.4 Å². The zero-order valence-corrected chi connectivity index (χ0v) is 12.1. The van der Waals surface area contributed by atoms with Crippen LogP contribution in [0.15, 0.2) is 0 Å². The Kier molecular flexibility index (Phi) is 4.58. The van der Waals surface area contributed by atoms with E-state index in [0.717, 1.165) is 30.4 Å². The topological polar surface area (TPSA) is 73.1 Å². The lowest BCUT2D eigenvalue weighted by Crippen LogP contribution is -2.15. The third kappa shape index (κ3) is 4.06. The van der Waals surface area contributed by atoms with Gasteiger partial charge in [-0.1, -0.05) is 13.8 Å². The van der Waals surface area contributed by atoms with Crippen molar-refractivity contribution < 1.29 is 4.74 Å². The molecule has 1 aromatic rings. The minimum absolute atomic E-state index is 0.514. The molecule has 0 radical (unpaired) electrons. The van der Waals surface area contributed by atoms with E-state index in [9.17, 15) is 0 Å². The second-order valence-corrected chi connectivity index (χ2v) is 5.61. The van der Waals surface area contributed by atoms with Crippen molar-refractivity contribution in [3.63, 3.8) is 0 Å². The second-order valence-electron chi connectivity index (χ2n) is 5.61. The van der Waals surface area contributed by atoms with Crippen LogP contribution in [0.1, 0.15) is 44.0 Å². The lowest BCUT2D eigenvalue weighted by atomic mass is 10.2. The van der Waals surface area contributed by atoms with E-state index in [4.69, 9.17) is 10.5 Å². The second kappa shape index (κ2) is 6.19. The van der Waals surface area contributed by atoms with Crippen LogP contribution >= 0.6 is 0 Å². The molecule has 0 atom stereocenters. The minimum atomic E-state index is 0.514. The van der Waals surface area contributed by atoms with E-state index >= 15 is 0 Å². The molecular formula is C14H24N4O. The molecule has 106 valence electrons. The van der Waals surface area contributed by atoms with Gasteiger partial charge in [-0.25, -0.2) is 9.97 Å². The van der Waals surface area contributed by atoms with Crippen LogP contribution in [0.25, 0.3) is 0 Å². The molecule has 19 heavy (non-hydrogen) atoms. The van der Waals surface area contributed by atoms with Crippen molar-refractivity contribution >= 4 is 11.6 Å². The molecule has 1 saturated carbocycles. The van der Waals surface area contributed by atoms with E-state index in [1.807, 2.05) is 6.92 Å². The average Bonchev–Trinajstić information content (AvgIpc) is 3.17. The summed E-state index contributed by atoms with van der Waals surface area (Å²) in [5, 5.41) is 3.29. The summed E-state index contributed by atoms with van der Waals surface area (Å²) in [6.07, 6.45) is 2.36. The molecule has 1 fully saturated rings. The Morgan fingerprint density at radius 3 is 2.74 bits per heavy atom. The number of nitrogens with one attached hydrogen (secondary N) is 1. The number of rotatable bonds is 7. The smallest absolute Gasteiger partial charge is 0.136 e. The van der Waals surface area contributed by atoms with Crippen molar-refractivity contribution in [1.29, 1.82) is 0 Å². The van der Waals surface area contributed by atoms with Crippen LogP contribution in [0, 0.1) is 12.8 Å². The third-order valence-electron chi connectivity index (χ3n) is 3.13. The summed E-state index contributed by atoms with van der Waals surface area (Å²) >= 11 is 0. The van der Waals surface area contributed by atoms with Gasteiger partial charge in [0.1, 0.15) is 17.5 Å². The molecule has 0 saturated heterocycles. The van der Waals surface area contributed by atoms with Crippen LogP contribution in [-0.2, 0) is 4.74 Å². The maximum Gasteiger partial charge on any atom is 0.136 e. The van der Waals surface area contributed by atoms with Crippen molar-refractivity contribution in [2.45, 2.75) is 39.5 Å². The van der Waals surface area contributed by atoms with E-state index in [1.54, 1.807) is 0 Å². The Morgan fingerprint density at radius 2 is 2.11 bits per heavy atom. The van der Waals surface area contributed by atoms with Crippen molar-refractivity contribution in [2.75, 3.05) is 30.8 Å². The Labute approximate surface area is 115 Å². The summed E-state index contributed by atoms with van der Waals surface area (Å²) < 4.78 is 5.54. The first-order valence-electron chi connectivity index (χ1n) is 7.03. The van der Waals surface area contributed by atoms with E-state index < -0.39 is 0 Å². The third-order valence-corrected chi connectivity index (χ3v) is 3.13. The van der Waals surface area contributed by atoms with Gasteiger partial charge in [0.2, 0.25) is 0 Å². The monoisotopic (exact) mass is 264 g/mol. The van der Waals surface area contributed by atoms with Gasteiger partial charge >= 0.3 is 0 Å². The molecular weight excluding hydrogens is 240 g/mol. The normalized spacial score (nSPS) is 14.9. The van der Waals surface area contributed by atoms with Crippen molar-refractivity contribution in [3.8, 4) is 0 Å². The van der Waals surface area contributed by atoms with E-state index in [2.05, 4.69) is 29.1 Å². The van der Waals surface area contributed by atoms with E-state index in [-0.39, 0.29) is 0 Å². The van der Waals surface area contributed by atoms with Crippen LogP contribution in [0.2, 0.25) is 0 Å². The molecule has 0 spiro atoms. The Morgan fingerprint density at radius 1 is 1.37 bits per heavy atom. The van der Waals surface area contributed by atoms with Crippen LogP contribution in [-0.4, -0.2) is 29.7 Å². The van der Waals surface area contributed by atoms with Crippen LogP contribution in [0.4, 0.5) is 11.6 Å². The van der Waals surface area contributed by atoms with Gasteiger partial charge in [0.05, 0.1) is 6.61 Å². The molecule has 1 aliphatic carbocycles. The van der Waals surface area contributed by atoms with Gasteiger partial charge in [-0.2, -0.15) is 0 Å². The molecule has 0 aliphatic heterocycles. The fourth-order valence-electron chi connectivity index (χ4n) is 1.81. The summed E-state index contributed by atoms with van der Waals surface area (Å²) in [6, 6.07) is 0. The maximum absolute atomic E-state index is 5.93. The zero-order chi connectivity index (χ0) is 13.8. The summed E-state index contributed by atoms with van der Waals surface area (Å²) in [5.41, 5.74) is 6.86. The predicted molar refractivity (Wildman–Crippen MR) is 77.3 cm³/mol. The molecule has 2 rings (SSSR count).